The molecule has 1 aromatic rings. The molecule has 1 fully saturated rings. The Kier molecular flexibility index (Phi) is 5.55. The summed E-state index contributed by atoms with van der Waals surface area (Å²) in [6, 6.07) is 5.72. The van der Waals surface area contributed by atoms with Crippen molar-refractivity contribution in [1.82, 2.24) is 0 Å². The van der Waals surface area contributed by atoms with E-state index in [0.717, 1.165) is 41.6 Å². The molecule has 23 heavy (non-hydrogen) atoms. The molecule has 2 aliphatic rings. The summed E-state index contributed by atoms with van der Waals surface area (Å²) in [7, 11) is 1.64. The van der Waals surface area contributed by atoms with Gasteiger partial charge in [-0.25, -0.2) is 0 Å². The average Bonchev–Trinajstić information content (AvgIpc) is 3.07. The minimum atomic E-state index is -0.676. The summed E-state index contributed by atoms with van der Waals surface area (Å²) in [5.74, 6) is 1.75. The van der Waals surface area contributed by atoms with Crippen molar-refractivity contribution >= 4 is 17.1 Å². The van der Waals surface area contributed by atoms with E-state index in [4.69, 9.17) is 4.74 Å². The highest BCUT2D eigenvalue weighted by atomic mass is 16.5. The second-order valence-electron chi connectivity index (χ2n) is 6.78. The van der Waals surface area contributed by atoms with Gasteiger partial charge in [-0.15, -0.1) is 0 Å². The van der Waals surface area contributed by atoms with Crippen molar-refractivity contribution in [2.45, 2.75) is 64.0 Å². The van der Waals surface area contributed by atoms with E-state index >= 15 is 0 Å². The number of aliphatic hydroxyl groups is 1. The van der Waals surface area contributed by atoms with E-state index in [0.29, 0.717) is 0 Å². The van der Waals surface area contributed by atoms with Crippen molar-refractivity contribution < 1.29 is 9.84 Å². The SMILES string of the molecule is COc1ccc2c(c1)NC(O)C(CCCCCC1CCCC1)=N2. The second-order valence-corrected chi connectivity index (χ2v) is 6.78. The van der Waals surface area contributed by atoms with Gasteiger partial charge in [0.05, 0.1) is 24.2 Å². The van der Waals surface area contributed by atoms with Crippen LogP contribution in [0, 0.1) is 5.92 Å². The number of hydrogen-bond donors (Lipinski definition) is 2. The van der Waals surface area contributed by atoms with E-state index in [1.165, 1.54) is 44.9 Å². The fourth-order valence-electron chi connectivity index (χ4n) is 3.71. The molecule has 1 unspecified atom stereocenters. The van der Waals surface area contributed by atoms with Crippen molar-refractivity contribution in [2.75, 3.05) is 12.4 Å². The Morgan fingerprint density at radius 1 is 1.22 bits per heavy atom. The Labute approximate surface area is 139 Å². The summed E-state index contributed by atoms with van der Waals surface area (Å²) in [4.78, 5) is 4.63. The molecule has 4 heteroatoms. The zero-order chi connectivity index (χ0) is 16.1. The predicted octanol–water partition coefficient (Wildman–Crippen LogP) is 4.65. The Morgan fingerprint density at radius 2 is 2.04 bits per heavy atom. The van der Waals surface area contributed by atoms with Crippen molar-refractivity contribution in [3.63, 3.8) is 0 Å². The zero-order valence-corrected chi connectivity index (χ0v) is 14.1. The number of benzene rings is 1. The lowest BCUT2D eigenvalue weighted by Crippen LogP contribution is -2.31. The summed E-state index contributed by atoms with van der Waals surface area (Å²) in [5.41, 5.74) is 2.57. The third-order valence-electron chi connectivity index (χ3n) is 5.10. The standard InChI is InChI=1S/C19H28N2O2/c1-23-15-11-12-16-18(13-15)21-19(22)17(20-16)10-4-2-3-7-14-8-5-6-9-14/h11-14,19,21-22H,2-10H2,1H3. The van der Waals surface area contributed by atoms with Gasteiger partial charge in [-0.2, -0.15) is 0 Å². The second kappa shape index (κ2) is 7.82. The van der Waals surface area contributed by atoms with Gasteiger partial charge < -0.3 is 15.2 Å². The van der Waals surface area contributed by atoms with Crippen LogP contribution in [0.5, 0.6) is 5.75 Å². The summed E-state index contributed by atoms with van der Waals surface area (Å²) >= 11 is 0. The zero-order valence-electron chi connectivity index (χ0n) is 14.1. The van der Waals surface area contributed by atoms with Crippen LogP contribution >= 0.6 is 0 Å². The van der Waals surface area contributed by atoms with Crippen LogP contribution in [-0.2, 0) is 0 Å². The number of hydrogen-bond acceptors (Lipinski definition) is 4. The van der Waals surface area contributed by atoms with Crippen LogP contribution in [0.4, 0.5) is 11.4 Å². The average molecular weight is 316 g/mol. The van der Waals surface area contributed by atoms with Crippen LogP contribution < -0.4 is 10.1 Å². The van der Waals surface area contributed by atoms with Crippen LogP contribution in [0.15, 0.2) is 23.2 Å². The number of fused-ring (bicyclic) bond motifs is 1. The Bertz CT molecular complexity index is 550. The van der Waals surface area contributed by atoms with Gasteiger partial charge in [-0.3, -0.25) is 4.99 Å². The Balaban J connectivity index is 1.47. The third-order valence-corrected chi connectivity index (χ3v) is 5.10. The first kappa shape index (κ1) is 16.3. The molecule has 1 aliphatic carbocycles. The van der Waals surface area contributed by atoms with Crippen LogP contribution in [0.2, 0.25) is 0 Å². The molecule has 3 rings (SSSR count). The molecule has 0 spiro atoms. The quantitative estimate of drug-likeness (QED) is 0.720. The largest absolute Gasteiger partial charge is 0.497 e. The first-order chi connectivity index (χ1) is 11.3. The maximum Gasteiger partial charge on any atom is 0.164 e. The molecule has 1 aromatic carbocycles. The fourth-order valence-corrected chi connectivity index (χ4v) is 3.71. The van der Waals surface area contributed by atoms with Gasteiger partial charge in [0.1, 0.15) is 5.75 Å². The normalized spacial score (nSPS) is 20.8. The molecule has 126 valence electrons. The molecule has 1 aliphatic heterocycles. The Morgan fingerprint density at radius 3 is 2.83 bits per heavy atom. The molecule has 0 bridgehead atoms. The van der Waals surface area contributed by atoms with Gasteiger partial charge in [0.15, 0.2) is 6.23 Å². The van der Waals surface area contributed by atoms with Crippen molar-refractivity contribution in [3.8, 4) is 5.75 Å². The fraction of sp³-hybridized carbons (Fsp3) is 0.632. The molecule has 0 saturated heterocycles. The molecule has 1 heterocycles. The number of nitrogens with zero attached hydrogens (tertiary/aromatic N) is 1. The van der Waals surface area contributed by atoms with Gasteiger partial charge in [0, 0.05) is 6.07 Å². The Hall–Kier alpha value is -1.55. The number of ether oxygens (including phenoxy) is 1. The maximum atomic E-state index is 10.2. The summed E-state index contributed by atoms with van der Waals surface area (Å²) in [6.45, 7) is 0. The molecule has 0 amide bonds. The summed E-state index contributed by atoms with van der Waals surface area (Å²) < 4.78 is 5.21. The van der Waals surface area contributed by atoms with E-state index < -0.39 is 6.23 Å². The summed E-state index contributed by atoms with van der Waals surface area (Å²) in [5, 5.41) is 13.3. The molecular formula is C19H28N2O2. The highest BCUT2D eigenvalue weighted by Gasteiger charge is 2.20. The van der Waals surface area contributed by atoms with E-state index in [9.17, 15) is 5.11 Å². The minimum Gasteiger partial charge on any atom is -0.497 e. The molecular weight excluding hydrogens is 288 g/mol. The monoisotopic (exact) mass is 316 g/mol. The van der Waals surface area contributed by atoms with Crippen LogP contribution in [0.3, 0.4) is 0 Å². The maximum absolute atomic E-state index is 10.2. The van der Waals surface area contributed by atoms with Gasteiger partial charge in [-0.05, 0) is 30.9 Å². The first-order valence-corrected chi connectivity index (χ1v) is 8.96. The van der Waals surface area contributed by atoms with E-state index in [2.05, 4.69) is 10.3 Å². The number of anilines is 1. The lowest BCUT2D eigenvalue weighted by molar-refractivity contribution is 0.266. The van der Waals surface area contributed by atoms with Crippen molar-refractivity contribution in [3.05, 3.63) is 18.2 Å². The van der Waals surface area contributed by atoms with Crippen LogP contribution in [0.25, 0.3) is 0 Å². The predicted molar refractivity (Wildman–Crippen MR) is 94.8 cm³/mol. The molecule has 4 nitrogen and oxygen atoms in total. The smallest absolute Gasteiger partial charge is 0.164 e. The van der Waals surface area contributed by atoms with E-state index in [-0.39, 0.29) is 0 Å². The van der Waals surface area contributed by atoms with Crippen molar-refractivity contribution in [2.24, 2.45) is 10.9 Å². The van der Waals surface area contributed by atoms with Gasteiger partial charge in [0.25, 0.3) is 0 Å². The van der Waals surface area contributed by atoms with Gasteiger partial charge in [-0.1, -0.05) is 44.9 Å². The lowest BCUT2D eigenvalue weighted by Gasteiger charge is -2.23. The number of rotatable bonds is 7. The number of methoxy groups -OCH3 is 1. The van der Waals surface area contributed by atoms with E-state index in [1.807, 2.05) is 18.2 Å². The molecule has 0 radical (unpaired) electrons. The molecule has 0 aromatic heterocycles. The van der Waals surface area contributed by atoms with Crippen LogP contribution in [0.1, 0.15) is 57.8 Å². The molecule has 1 atom stereocenters. The summed E-state index contributed by atoms with van der Waals surface area (Å²) in [6.07, 6.45) is 11.0. The topological polar surface area (TPSA) is 53.8 Å². The number of nitrogens with one attached hydrogen (secondary N) is 1. The number of aliphatic imine (C=N–C) groups is 1. The highest BCUT2D eigenvalue weighted by molar-refractivity contribution is 5.97. The lowest BCUT2D eigenvalue weighted by atomic mass is 9.98. The van der Waals surface area contributed by atoms with Gasteiger partial charge in [0.2, 0.25) is 0 Å². The first-order valence-electron chi connectivity index (χ1n) is 8.96. The van der Waals surface area contributed by atoms with Crippen LogP contribution in [-0.4, -0.2) is 24.2 Å². The molecule has 1 saturated carbocycles. The number of aliphatic hydroxyl groups excluding tert-OH is 1. The van der Waals surface area contributed by atoms with Crippen molar-refractivity contribution in [1.29, 1.82) is 0 Å². The number of unbranched alkanes of at least 4 members (excludes halogenated alkanes) is 2. The van der Waals surface area contributed by atoms with E-state index in [1.54, 1.807) is 7.11 Å². The minimum absolute atomic E-state index is 0.676. The molecule has 2 N–H and O–H groups in total. The third kappa shape index (κ3) is 4.25. The van der Waals surface area contributed by atoms with Gasteiger partial charge >= 0.3 is 0 Å². The highest BCUT2D eigenvalue weighted by Crippen LogP contribution is 2.34.